The van der Waals surface area contributed by atoms with E-state index in [9.17, 15) is 14.3 Å². The summed E-state index contributed by atoms with van der Waals surface area (Å²) < 4.78 is 18.5. The normalized spacial score (nSPS) is 16.8. The van der Waals surface area contributed by atoms with Crippen molar-refractivity contribution in [3.63, 3.8) is 0 Å². The number of carbonyl (C=O) groups is 1. The lowest BCUT2D eigenvalue weighted by atomic mass is 9.92. The monoisotopic (exact) mass is 315 g/mol. The van der Waals surface area contributed by atoms with Gasteiger partial charge >= 0.3 is 0 Å². The van der Waals surface area contributed by atoms with Gasteiger partial charge in [-0.1, -0.05) is 24.3 Å². The van der Waals surface area contributed by atoms with E-state index in [4.69, 9.17) is 4.74 Å². The molecule has 3 rings (SSSR count). The van der Waals surface area contributed by atoms with Crippen LogP contribution in [0.15, 0.2) is 42.5 Å². The molecule has 23 heavy (non-hydrogen) atoms. The van der Waals surface area contributed by atoms with Crippen molar-refractivity contribution < 1.29 is 19.0 Å². The summed E-state index contributed by atoms with van der Waals surface area (Å²) in [7, 11) is 1.36. The molecule has 2 aromatic carbocycles. The number of halogens is 1. The van der Waals surface area contributed by atoms with Crippen LogP contribution < -0.4 is 4.74 Å². The van der Waals surface area contributed by atoms with E-state index in [1.54, 1.807) is 4.90 Å². The second-order valence-corrected chi connectivity index (χ2v) is 5.50. The SMILES string of the molecule is COc1cc(C(=O)N2CCc3ccccc3[C@@H]2CO)ccc1F. The molecule has 0 aromatic heterocycles. The molecular weight excluding hydrogens is 297 g/mol. The number of ether oxygens (including phenoxy) is 1. The van der Waals surface area contributed by atoms with E-state index in [1.165, 1.54) is 25.3 Å². The maximum Gasteiger partial charge on any atom is 0.254 e. The van der Waals surface area contributed by atoms with E-state index in [1.807, 2.05) is 24.3 Å². The fourth-order valence-electron chi connectivity index (χ4n) is 3.05. The maximum atomic E-state index is 13.5. The van der Waals surface area contributed by atoms with Crippen molar-refractivity contribution in [1.29, 1.82) is 0 Å². The van der Waals surface area contributed by atoms with Crippen LogP contribution in [-0.2, 0) is 6.42 Å². The summed E-state index contributed by atoms with van der Waals surface area (Å²) in [5, 5.41) is 9.77. The van der Waals surface area contributed by atoms with Gasteiger partial charge < -0.3 is 14.7 Å². The van der Waals surface area contributed by atoms with Gasteiger partial charge in [-0.25, -0.2) is 4.39 Å². The summed E-state index contributed by atoms with van der Waals surface area (Å²) in [5.41, 5.74) is 2.46. The average molecular weight is 315 g/mol. The van der Waals surface area contributed by atoms with Crippen molar-refractivity contribution in [2.45, 2.75) is 12.5 Å². The first-order valence-corrected chi connectivity index (χ1v) is 7.49. The van der Waals surface area contributed by atoms with Crippen molar-refractivity contribution in [1.82, 2.24) is 4.90 Å². The van der Waals surface area contributed by atoms with Gasteiger partial charge in [-0.05, 0) is 35.7 Å². The van der Waals surface area contributed by atoms with Crippen LogP contribution in [0.2, 0.25) is 0 Å². The second kappa shape index (κ2) is 6.38. The molecule has 5 heteroatoms. The molecule has 0 aliphatic carbocycles. The van der Waals surface area contributed by atoms with Gasteiger partial charge in [0.1, 0.15) is 0 Å². The fourth-order valence-corrected chi connectivity index (χ4v) is 3.05. The summed E-state index contributed by atoms with van der Waals surface area (Å²) in [6, 6.07) is 11.5. The molecule has 1 N–H and O–H groups in total. The summed E-state index contributed by atoms with van der Waals surface area (Å²) >= 11 is 0. The van der Waals surface area contributed by atoms with Crippen molar-refractivity contribution >= 4 is 5.91 Å². The second-order valence-electron chi connectivity index (χ2n) is 5.50. The first-order valence-electron chi connectivity index (χ1n) is 7.49. The van der Waals surface area contributed by atoms with E-state index < -0.39 is 5.82 Å². The molecule has 1 amide bonds. The minimum absolute atomic E-state index is 0.0359. The van der Waals surface area contributed by atoms with Gasteiger partial charge in [0.2, 0.25) is 0 Å². The molecule has 1 atom stereocenters. The van der Waals surface area contributed by atoms with Crippen LogP contribution in [0.3, 0.4) is 0 Å². The topological polar surface area (TPSA) is 49.8 Å². The molecule has 1 aliphatic heterocycles. The van der Waals surface area contributed by atoms with Gasteiger partial charge in [-0.15, -0.1) is 0 Å². The molecule has 0 saturated carbocycles. The summed E-state index contributed by atoms with van der Waals surface area (Å²) in [6.45, 7) is 0.363. The smallest absolute Gasteiger partial charge is 0.254 e. The van der Waals surface area contributed by atoms with E-state index >= 15 is 0 Å². The molecule has 0 unspecified atom stereocenters. The van der Waals surface area contributed by atoms with Gasteiger partial charge in [0.25, 0.3) is 5.91 Å². The third-order valence-electron chi connectivity index (χ3n) is 4.24. The molecule has 4 nitrogen and oxygen atoms in total. The van der Waals surface area contributed by atoms with Gasteiger partial charge in [-0.3, -0.25) is 4.79 Å². The number of methoxy groups -OCH3 is 1. The Labute approximate surface area is 134 Å². The predicted molar refractivity (Wildman–Crippen MR) is 84.0 cm³/mol. The largest absolute Gasteiger partial charge is 0.494 e. The van der Waals surface area contributed by atoms with Crippen LogP contribution >= 0.6 is 0 Å². The summed E-state index contributed by atoms with van der Waals surface area (Å²) in [5.74, 6) is -0.711. The summed E-state index contributed by atoms with van der Waals surface area (Å²) in [6.07, 6.45) is 0.733. The Bertz CT molecular complexity index is 732. The highest BCUT2D eigenvalue weighted by molar-refractivity contribution is 5.95. The molecule has 0 spiro atoms. The van der Waals surface area contributed by atoms with Crippen molar-refractivity contribution in [3.8, 4) is 5.75 Å². The standard InChI is InChI=1S/C18H18FNO3/c1-23-17-10-13(6-7-15(17)19)18(22)20-9-8-12-4-2-3-5-14(12)16(20)11-21/h2-7,10,16,21H,8-9,11H2,1H3/t16-/m0/s1. The van der Waals surface area contributed by atoms with Crippen molar-refractivity contribution in [2.24, 2.45) is 0 Å². The van der Waals surface area contributed by atoms with Crippen molar-refractivity contribution in [3.05, 3.63) is 65.0 Å². The lowest BCUT2D eigenvalue weighted by Crippen LogP contribution is -2.41. The number of amides is 1. The highest BCUT2D eigenvalue weighted by Crippen LogP contribution is 2.31. The number of fused-ring (bicyclic) bond motifs is 1. The number of aliphatic hydroxyl groups excluding tert-OH is 1. The quantitative estimate of drug-likeness (QED) is 0.947. The van der Waals surface area contributed by atoms with E-state index in [-0.39, 0.29) is 24.3 Å². The molecule has 1 heterocycles. The first-order chi connectivity index (χ1) is 11.2. The molecule has 120 valence electrons. The Morgan fingerprint density at radius 3 is 2.87 bits per heavy atom. The van der Waals surface area contributed by atoms with Crippen LogP contribution in [-0.4, -0.2) is 36.2 Å². The third kappa shape index (κ3) is 2.80. The maximum absolute atomic E-state index is 13.5. The van der Waals surface area contributed by atoms with Crippen LogP contribution in [0.1, 0.15) is 27.5 Å². The first kappa shape index (κ1) is 15.5. The lowest BCUT2D eigenvalue weighted by Gasteiger charge is -2.36. The third-order valence-corrected chi connectivity index (χ3v) is 4.24. The molecule has 1 aliphatic rings. The molecular formula is C18H18FNO3. The Kier molecular flexibility index (Phi) is 4.30. The molecule has 0 bridgehead atoms. The van der Waals surface area contributed by atoms with E-state index in [0.29, 0.717) is 12.1 Å². The minimum atomic E-state index is -0.508. The van der Waals surface area contributed by atoms with Crippen LogP contribution in [0.4, 0.5) is 4.39 Å². The van der Waals surface area contributed by atoms with E-state index in [2.05, 4.69) is 0 Å². The summed E-state index contributed by atoms with van der Waals surface area (Å²) in [4.78, 5) is 14.4. The number of benzene rings is 2. The van der Waals surface area contributed by atoms with Gasteiger partial charge in [0.05, 0.1) is 19.8 Å². The lowest BCUT2D eigenvalue weighted by molar-refractivity contribution is 0.0568. The Morgan fingerprint density at radius 2 is 2.13 bits per heavy atom. The van der Waals surface area contributed by atoms with Gasteiger partial charge in [-0.2, -0.15) is 0 Å². The van der Waals surface area contributed by atoms with Gasteiger partial charge in [0, 0.05) is 12.1 Å². The molecule has 0 radical (unpaired) electrons. The molecule has 2 aromatic rings. The van der Waals surface area contributed by atoms with Crippen LogP contribution in [0, 0.1) is 5.82 Å². The highest BCUT2D eigenvalue weighted by atomic mass is 19.1. The number of rotatable bonds is 3. The molecule has 0 saturated heterocycles. The highest BCUT2D eigenvalue weighted by Gasteiger charge is 2.30. The zero-order chi connectivity index (χ0) is 16.4. The average Bonchev–Trinajstić information content (AvgIpc) is 2.60. The Balaban J connectivity index is 1.93. The van der Waals surface area contributed by atoms with Crippen molar-refractivity contribution in [2.75, 3.05) is 20.3 Å². The van der Waals surface area contributed by atoms with E-state index in [0.717, 1.165) is 17.5 Å². The predicted octanol–water partition coefficient (Wildman–Crippen LogP) is 2.57. The fraction of sp³-hybridized carbons (Fsp3) is 0.278. The Morgan fingerprint density at radius 1 is 1.35 bits per heavy atom. The number of nitrogens with zero attached hydrogens (tertiary/aromatic N) is 1. The Hall–Kier alpha value is -2.40. The number of aliphatic hydroxyl groups is 1. The minimum Gasteiger partial charge on any atom is -0.494 e. The van der Waals surface area contributed by atoms with Crippen LogP contribution in [0.25, 0.3) is 0 Å². The zero-order valence-corrected chi connectivity index (χ0v) is 12.8. The van der Waals surface area contributed by atoms with Crippen LogP contribution in [0.5, 0.6) is 5.75 Å². The number of hydrogen-bond donors (Lipinski definition) is 1. The number of hydrogen-bond acceptors (Lipinski definition) is 3. The zero-order valence-electron chi connectivity index (χ0n) is 12.8. The van der Waals surface area contributed by atoms with Gasteiger partial charge in [0.15, 0.2) is 11.6 Å². The molecule has 0 fully saturated rings. The number of carbonyl (C=O) groups excluding carboxylic acids is 1.